The van der Waals surface area contributed by atoms with Crippen LogP contribution in [0.5, 0.6) is 0 Å². The lowest BCUT2D eigenvalue weighted by Crippen LogP contribution is -2.26. The Balaban J connectivity index is 1.95. The first kappa shape index (κ1) is 16.1. The van der Waals surface area contributed by atoms with Gasteiger partial charge < -0.3 is 5.11 Å². The molecule has 0 fully saturated rings. The van der Waals surface area contributed by atoms with Crippen LogP contribution in [0.2, 0.25) is 0 Å². The van der Waals surface area contributed by atoms with Gasteiger partial charge in [-0.3, -0.25) is 4.68 Å². The van der Waals surface area contributed by atoms with Gasteiger partial charge in [-0.25, -0.2) is 13.1 Å². The zero-order chi connectivity index (χ0) is 15.3. The second kappa shape index (κ2) is 7.12. The summed E-state index contributed by atoms with van der Waals surface area (Å²) in [5, 5.41) is 16.5. The number of nitrogens with one attached hydrogen (secondary N) is 1. The van der Waals surface area contributed by atoms with Gasteiger partial charge in [-0.2, -0.15) is 0 Å². The number of rotatable bonds is 7. The molecule has 0 bridgehead atoms. The molecule has 7 nitrogen and oxygen atoms in total. The molecule has 9 heteroatoms. The van der Waals surface area contributed by atoms with Crippen LogP contribution in [0.4, 0.5) is 0 Å². The summed E-state index contributed by atoms with van der Waals surface area (Å²) in [7, 11) is -3.58. The second-order valence-electron chi connectivity index (χ2n) is 4.34. The molecule has 0 aliphatic carbocycles. The molecule has 2 N–H and O–H groups in total. The Morgan fingerprint density at radius 3 is 2.81 bits per heavy atom. The van der Waals surface area contributed by atoms with Gasteiger partial charge in [0.2, 0.25) is 10.0 Å². The van der Waals surface area contributed by atoms with Gasteiger partial charge in [0.05, 0.1) is 17.7 Å². The van der Waals surface area contributed by atoms with E-state index in [2.05, 4.69) is 31.0 Å². The summed E-state index contributed by atoms with van der Waals surface area (Å²) in [5.74, 6) is 0. The molecule has 2 aromatic rings. The third-order valence-electron chi connectivity index (χ3n) is 2.80. The average molecular weight is 375 g/mol. The first-order valence-electron chi connectivity index (χ1n) is 6.26. The Kier molecular flexibility index (Phi) is 5.45. The Morgan fingerprint density at radius 2 is 2.19 bits per heavy atom. The van der Waals surface area contributed by atoms with E-state index < -0.39 is 10.0 Å². The minimum atomic E-state index is -3.58. The lowest BCUT2D eigenvalue weighted by Gasteiger charge is -2.09. The zero-order valence-electron chi connectivity index (χ0n) is 11.1. The summed E-state index contributed by atoms with van der Waals surface area (Å²) >= 11 is 3.21. The standard InChI is InChI=1S/C12H15BrN4O3S/c13-11-8-10(9-18)2-3-12(11)21(19,20)15-4-1-6-17-7-5-14-16-17/h2-3,5,7-8,15,18H,1,4,6,9H2. The van der Waals surface area contributed by atoms with Gasteiger partial charge in [0, 0.05) is 23.8 Å². The number of halogens is 1. The van der Waals surface area contributed by atoms with Gasteiger partial charge in [-0.05, 0) is 40.0 Å². The van der Waals surface area contributed by atoms with Crippen molar-refractivity contribution in [2.75, 3.05) is 6.54 Å². The molecule has 0 saturated heterocycles. The third kappa shape index (κ3) is 4.34. The van der Waals surface area contributed by atoms with E-state index in [0.29, 0.717) is 29.5 Å². The molecule has 0 radical (unpaired) electrons. The van der Waals surface area contributed by atoms with Crippen LogP contribution < -0.4 is 4.72 Å². The molecule has 0 aliphatic rings. The van der Waals surface area contributed by atoms with Crippen molar-refractivity contribution in [3.8, 4) is 0 Å². The monoisotopic (exact) mass is 374 g/mol. The molecular weight excluding hydrogens is 360 g/mol. The molecule has 0 aliphatic heterocycles. The summed E-state index contributed by atoms with van der Waals surface area (Å²) in [6, 6.07) is 4.63. The summed E-state index contributed by atoms with van der Waals surface area (Å²) in [6.45, 7) is 0.758. The van der Waals surface area contributed by atoms with Crippen molar-refractivity contribution >= 4 is 26.0 Å². The van der Waals surface area contributed by atoms with E-state index >= 15 is 0 Å². The lowest BCUT2D eigenvalue weighted by molar-refractivity contribution is 0.281. The minimum Gasteiger partial charge on any atom is -0.392 e. The molecule has 0 atom stereocenters. The predicted molar refractivity (Wildman–Crippen MR) is 79.9 cm³/mol. The zero-order valence-corrected chi connectivity index (χ0v) is 13.5. The van der Waals surface area contributed by atoms with Crippen LogP contribution >= 0.6 is 15.9 Å². The van der Waals surface area contributed by atoms with Crippen LogP contribution in [0.25, 0.3) is 0 Å². The number of aliphatic hydroxyl groups excluding tert-OH is 1. The first-order chi connectivity index (χ1) is 10.0. The summed E-state index contributed by atoms with van der Waals surface area (Å²) < 4.78 is 29.0. The number of aryl methyl sites for hydroxylation is 1. The van der Waals surface area contributed by atoms with Crippen LogP contribution in [0.3, 0.4) is 0 Å². The van der Waals surface area contributed by atoms with Crippen LogP contribution in [-0.4, -0.2) is 35.1 Å². The molecule has 1 aromatic carbocycles. The van der Waals surface area contributed by atoms with E-state index in [9.17, 15) is 8.42 Å². The van der Waals surface area contributed by atoms with Crippen LogP contribution in [-0.2, 0) is 23.2 Å². The van der Waals surface area contributed by atoms with Gasteiger partial charge >= 0.3 is 0 Å². The topological polar surface area (TPSA) is 97.1 Å². The maximum Gasteiger partial charge on any atom is 0.241 e. The summed E-state index contributed by atoms with van der Waals surface area (Å²) in [5.41, 5.74) is 0.645. The van der Waals surface area contributed by atoms with Crippen LogP contribution in [0.15, 0.2) is 40.0 Å². The number of sulfonamides is 1. The fourth-order valence-electron chi connectivity index (χ4n) is 1.74. The van der Waals surface area contributed by atoms with Gasteiger partial charge in [0.1, 0.15) is 0 Å². The smallest absolute Gasteiger partial charge is 0.241 e. The number of nitrogens with zero attached hydrogens (tertiary/aromatic N) is 3. The van der Waals surface area contributed by atoms with E-state index in [-0.39, 0.29) is 11.5 Å². The normalized spacial score (nSPS) is 11.7. The van der Waals surface area contributed by atoms with E-state index in [1.165, 1.54) is 6.07 Å². The van der Waals surface area contributed by atoms with Crippen molar-refractivity contribution < 1.29 is 13.5 Å². The maximum atomic E-state index is 12.2. The van der Waals surface area contributed by atoms with E-state index in [0.717, 1.165) is 0 Å². The van der Waals surface area contributed by atoms with Crippen molar-refractivity contribution in [2.24, 2.45) is 0 Å². The minimum absolute atomic E-state index is 0.135. The molecule has 0 saturated carbocycles. The van der Waals surface area contributed by atoms with Crippen molar-refractivity contribution in [1.82, 2.24) is 19.7 Å². The number of hydrogen-bond donors (Lipinski definition) is 2. The van der Waals surface area contributed by atoms with Crippen molar-refractivity contribution in [1.29, 1.82) is 0 Å². The molecule has 0 spiro atoms. The second-order valence-corrected chi connectivity index (χ2v) is 6.93. The van der Waals surface area contributed by atoms with Crippen LogP contribution in [0, 0.1) is 0 Å². The van der Waals surface area contributed by atoms with Gasteiger partial charge in [0.15, 0.2) is 0 Å². The highest BCUT2D eigenvalue weighted by atomic mass is 79.9. The molecule has 1 heterocycles. The number of aromatic nitrogens is 3. The fourth-order valence-corrected chi connectivity index (χ4v) is 3.93. The maximum absolute atomic E-state index is 12.2. The Morgan fingerprint density at radius 1 is 1.38 bits per heavy atom. The van der Waals surface area contributed by atoms with Crippen molar-refractivity contribution in [3.63, 3.8) is 0 Å². The van der Waals surface area contributed by atoms with Crippen LogP contribution in [0.1, 0.15) is 12.0 Å². The quantitative estimate of drug-likeness (QED) is 0.701. The Hall–Kier alpha value is -1.29. The summed E-state index contributed by atoms with van der Waals surface area (Å²) in [6.07, 6.45) is 3.90. The fraction of sp³-hybridized carbons (Fsp3) is 0.333. The molecule has 1 aromatic heterocycles. The van der Waals surface area contributed by atoms with E-state index in [1.54, 1.807) is 29.2 Å². The summed E-state index contributed by atoms with van der Waals surface area (Å²) in [4.78, 5) is 0.153. The van der Waals surface area contributed by atoms with Gasteiger partial charge in [-0.15, -0.1) is 5.10 Å². The van der Waals surface area contributed by atoms with Crippen molar-refractivity contribution in [2.45, 2.75) is 24.5 Å². The van der Waals surface area contributed by atoms with Gasteiger partial charge in [0.25, 0.3) is 0 Å². The largest absolute Gasteiger partial charge is 0.392 e. The highest BCUT2D eigenvalue weighted by molar-refractivity contribution is 9.10. The van der Waals surface area contributed by atoms with Gasteiger partial charge in [-0.1, -0.05) is 11.3 Å². The number of hydrogen-bond acceptors (Lipinski definition) is 5. The molecule has 21 heavy (non-hydrogen) atoms. The highest BCUT2D eigenvalue weighted by Crippen LogP contribution is 2.23. The molecule has 0 unspecified atom stereocenters. The van der Waals surface area contributed by atoms with E-state index in [4.69, 9.17) is 5.11 Å². The number of aliphatic hydroxyl groups is 1. The third-order valence-corrected chi connectivity index (χ3v) is 5.23. The Bertz CT molecular complexity index is 689. The first-order valence-corrected chi connectivity index (χ1v) is 8.53. The van der Waals surface area contributed by atoms with Crippen molar-refractivity contribution in [3.05, 3.63) is 40.6 Å². The average Bonchev–Trinajstić information content (AvgIpc) is 2.96. The highest BCUT2D eigenvalue weighted by Gasteiger charge is 2.17. The molecule has 2 rings (SSSR count). The molecule has 0 amide bonds. The Labute approximate surface area is 131 Å². The van der Waals surface area contributed by atoms with E-state index in [1.807, 2.05) is 0 Å². The predicted octanol–water partition coefficient (Wildman–Crippen LogP) is 0.901. The molecule has 114 valence electrons. The lowest BCUT2D eigenvalue weighted by atomic mass is 10.2. The number of benzene rings is 1. The SMILES string of the molecule is O=S(=O)(NCCCn1ccnn1)c1ccc(CO)cc1Br. The molecular formula is C12H15BrN4O3S.